The van der Waals surface area contributed by atoms with Crippen molar-refractivity contribution < 1.29 is 0 Å². The molecule has 2 nitrogen and oxygen atoms in total. The molecule has 0 amide bonds. The van der Waals surface area contributed by atoms with Gasteiger partial charge in [0.2, 0.25) is 0 Å². The zero-order valence-corrected chi connectivity index (χ0v) is 14.0. The van der Waals surface area contributed by atoms with E-state index in [1.165, 1.54) is 56.0 Å². The number of hydrogen-bond donors (Lipinski definition) is 2. The van der Waals surface area contributed by atoms with Crippen LogP contribution >= 0.6 is 0 Å². The van der Waals surface area contributed by atoms with Gasteiger partial charge in [-0.25, -0.2) is 0 Å². The van der Waals surface area contributed by atoms with Crippen molar-refractivity contribution in [3.8, 4) is 0 Å². The molecule has 2 heterocycles. The molecule has 2 aliphatic heterocycles. The molecule has 2 saturated heterocycles. The van der Waals surface area contributed by atoms with Crippen molar-refractivity contribution in [1.82, 2.24) is 10.6 Å². The first-order valence-electron chi connectivity index (χ1n) is 9.34. The van der Waals surface area contributed by atoms with Gasteiger partial charge in [0.15, 0.2) is 0 Å². The van der Waals surface area contributed by atoms with Crippen LogP contribution in [0.15, 0.2) is 36.4 Å². The first-order valence-corrected chi connectivity index (χ1v) is 9.34. The van der Waals surface area contributed by atoms with Crippen molar-refractivity contribution in [2.45, 2.75) is 38.0 Å². The first kappa shape index (κ1) is 15.2. The molecule has 0 aliphatic carbocycles. The molecule has 0 bridgehead atoms. The van der Waals surface area contributed by atoms with E-state index in [0.29, 0.717) is 0 Å². The lowest BCUT2D eigenvalue weighted by Gasteiger charge is -2.26. The summed E-state index contributed by atoms with van der Waals surface area (Å²) in [6.45, 7) is 4.71. The largest absolute Gasteiger partial charge is 0.317 e. The fourth-order valence-corrected chi connectivity index (χ4v) is 4.45. The number of hydrogen-bond acceptors (Lipinski definition) is 2. The number of rotatable bonds is 3. The van der Waals surface area contributed by atoms with Gasteiger partial charge in [-0.15, -0.1) is 0 Å². The summed E-state index contributed by atoms with van der Waals surface area (Å²) in [5, 5.41) is 9.98. The molecule has 0 spiro atoms. The van der Waals surface area contributed by atoms with Crippen molar-refractivity contribution >= 4 is 10.8 Å². The van der Waals surface area contributed by atoms with Crippen LogP contribution in [0.4, 0.5) is 0 Å². The second kappa shape index (κ2) is 7.02. The molecule has 0 radical (unpaired) electrons. The third-order valence-corrected chi connectivity index (χ3v) is 5.79. The highest BCUT2D eigenvalue weighted by atomic mass is 14.9. The van der Waals surface area contributed by atoms with E-state index in [9.17, 15) is 0 Å². The van der Waals surface area contributed by atoms with Crippen molar-refractivity contribution in [3.05, 3.63) is 47.5 Å². The van der Waals surface area contributed by atoms with Crippen LogP contribution in [-0.4, -0.2) is 26.2 Å². The maximum atomic E-state index is 3.49. The summed E-state index contributed by atoms with van der Waals surface area (Å²) in [5.41, 5.74) is 3.14. The van der Waals surface area contributed by atoms with E-state index in [0.717, 1.165) is 24.9 Å². The SMILES string of the molecule is c1ccc2c(C3CCNCC3)ccc(CC3CCNCC3)c2c1. The zero-order chi connectivity index (χ0) is 15.5. The van der Waals surface area contributed by atoms with Crippen LogP contribution in [0.25, 0.3) is 10.8 Å². The molecule has 0 saturated carbocycles. The van der Waals surface area contributed by atoms with Crippen molar-refractivity contribution in [2.75, 3.05) is 26.2 Å². The van der Waals surface area contributed by atoms with E-state index in [2.05, 4.69) is 47.0 Å². The first-order chi connectivity index (χ1) is 11.4. The Morgan fingerprint density at radius 2 is 1.39 bits per heavy atom. The molecule has 2 heteroatoms. The summed E-state index contributed by atoms with van der Waals surface area (Å²) in [7, 11) is 0. The summed E-state index contributed by atoms with van der Waals surface area (Å²) in [6, 6.07) is 14.0. The lowest BCUT2D eigenvalue weighted by Crippen LogP contribution is -2.28. The van der Waals surface area contributed by atoms with Gasteiger partial charge in [-0.2, -0.15) is 0 Å². The summed E-state index contributed by atoms with van der Waals surface area (Å²) in [5.74, 6) is 1.58. The lowest BCUT2D eigenvalue weighted by atomic mass is 9.83. The number of benzene rings is 2. The monoisotopic (exact) mass is 308 g/mol. The zero-order valence-electron chi connectivity index (χ0n) is 14.0. The van der Waals surface area contributed by atoms with E-state index in [1.807, 2.05) is 0 Å². The van der Waals surface area contributed by atoms with Gasteiger partial charge in [-0.1, -0.05) is 36.4 Å². The van der Waals surface area contributed by atoms with E-state index < -0.39 is 0 Å². The molecule has 0 unspecified atom stereocenters. The van der Waals surface area contributed by atoms with E-state index in [4.69, 9.17) is 0 Å². The topological polar surface area (TPSA) is 24.1 Å². The van der Waals surface area contributed by atoms with Crippen LogP contribution in [0.5, 0.6) is 0 Å². The fourth-order valence-electron chi connectivity index (χ4n) is 4.45. The molecule has 2 fully saturated rings. The van der Waals surface area contributed by atoms with Crippen LogP contribution in [0.2, 0.25) is 0 Å². The third-order valence-electron chi connectivity index (χ3n) is 5.79. The molecule has 2 aromatic rings. The Morgan fingerprint density at radius 3 is 2.13 bits per heavy atom. The predicted molar refractivity (Wildman–Crippen MR) is 98.1 cm³/mol. The standard InChI is InChI=1S/C21H28N2/c1-2-4-21-19(3-1)18(15-16-7-11-22-12-8-16)5-6-20(21)17-9-13-23-14-10-17/h1-6,16-17,22-23H,7-15H2. The minimum absolute atomic E-state index is 0.731. The van der Waals surface area contributed by atoms with Gasteiger partial charge in [0.25, 0.3) is 0 Å². The summed E-state index contributed by atoms with van der Waals surface area (Å²) in [4.78, 5) is 0. The van der Waals surface area contributed by atoms with E-state index in [-0.39, 0.29) is 0 Å². The number of fused-ring (bicyclic) bond motifs is 1. The van der Waals surface area contributed by atoms with E-state index >= 15 is 0 Å². The highest BCUT2D eigenvalue weighted by molar-refractivity contribution is 5.89. The van der Waals surface area contributed by atoms with Gasteiger partial charge in [-0.05, 0) is 92.0 Å². The van der Waals surface area contributed by atoms with Gasteiger partial charge in [0.05, 0.1) is 0 Å². The maximum absolute atomic E-state index is 3.49. The van der Waals surface area contributed by atoms with Crippen LogP contribution in [-0.2, 0) is 6.42 Å². The van der Waals surface area contributed by atoms with Crippen molar-refractivity contribution in [1.29, 1.82) is 0 Å². The third kappa shape index (κ3) is 3.29. The molecular weight excluding hydrogens is 280 g/mol. The molecule has 23 heavy (non-hydrogen) atoms. The molecule has 2 N–H and O–H groups in total. The molecule has 0 aromatic heterocycles. The number of nitrogens with one attached hydrogen (secondary N) is 2. The molecule has 2 aliphatic rings. The normalized spacial score (nSPS) is 20.9. The molecular formula is C21H28N2. The Hall–Kier alpha value is -1.38. The quantitative estimate of drug-likeness (QED) is 0.900. The average Bonchev–Trinajstić information content (AvgIpc) is 2.64. The maximum Gasteiger partial charge on any atom is -0.00431 e. The molecule has 2 aromatic carbocycles. The highest BCUT2D eigenvalue weighted by Gasteiger charge is 2.20. The minimum Gasteiger partial charge on any atom is -0.317 e. The Balaban J connectivity index is 1.67. The Kier molecular flexibility index (Phi) is 4.63. The van der Waals surface area contributed by atoms with Crippen LogP contribution in [0, 0.1) is 5.92 Å². The Bertz CT molecular complexity index is 652. The predicted octanol–water partition coefficient (Wildman–Crippen LogP) is 3.85. The minimum atomic E-state index is 0.731. The van der Waals surface area contributed by atoms with Crippen LogP contribution in [0.3, 0.4) is 0 Å². The van der Waals surface area contributed by atoms with Gasteiger partial charge in [0.1, 0.15) is 0 Å². The second-order valence-corrected chi connectivity index (χ2v) is 7.28. The molecule has 0 atom stereocenters. The lowest BCUT2D eigenvalue weighted by molar-refractivity contribution is 0.373. The van der Waals surface area contributed by atoms with Crippen molar-refractivity contribution in [2.24, 2.45) is 5.92 Å². The Labute approximate surface area is 139 Å². The highest BCUT2D eigenvalue weighted by Crippen LogP contribution is 2.34. The smallest absolute Gasteiger partial charge is 0.00431 e. The summed E-state index contributed by atoms with van der Waals surface area (Å²) >= 11 is 0. The van der Waals surface area contributed by atoms with Crippen LogP contribution in [0.1, 0.15) is 42.7 Å². The fraction of sp³-hybridized carbons (Fsp3) is 0.524. The van der Waals surface area contributed by atoms with Gasteiger partial charge in [-0.3, -0.25) is 0 Å². The van der Waals surface area contributed by atoms with Gasteiger partial charge < -0.3 is 10.6 Å². The van der Waals surface area contributed by atoms with Gasteiger partial charge >= 0.3 is 0 Å². The van der Waals surface area contributed by atoms with E-state index in [1.54, 1.807) is 11.1 Å². The van der Waals surface area contributed by atoms with Crippen molar-refractivity contribution in [3.63, 3.8) is 0 Å². The van der Waals surface area contributed by atoms with Gasteiger partial charge in [0, 0.05) is 0 Å². The number of piperidine rings is 2. The second-order valence-electron chi connectivity index (χ2n) is 7.28. The summed E-state index contributed by atoms with van der Waals surface area (Å²) in [6.07, 6.45) is 6.44. The molecule has 122 valence electrons. The molecule has 4 rings (SSSR count). The van der Waals surface area contributed by atoms with Crippen LogP contribution < -0.4 is 10.6 Å². The average molecular weight is 308 g/mol. The summed E-state index contributed by atoms with van der Waals surface area (Å²) < 4.78 is 0. The Morgan fingerprint density at radius 1 is 0.739 bits per heavy atom.